The van der Waals surface area contributed by atoms with Gasteiger partial charge in [0.1, 0.15) is 0 Å². The molecule has 0 bridgehead atoms. The Morgan fingerprint density at radius 3 is 3.00 bits per heavy atom. The molecule has 2 heterocycles. The van der Waals surface area contributed by atoms with Crippen molar-refractivity contribution < 1.29 is 4.79 Å². The Morgan fingerprint density at radius 2 is 2.12 bits per heavy atom. The molecule has 3 heteroatoms. The molecule has 0 aliphatic carbocycles. The van der Waals surface area contributed by atoms with Gasteiger partial charge in [0.25, 0.3) is 0 Å². The molecular weight excluding hydrogens is 212 g/mol. The van der Waals surface area contributed by atoms with Crippen LogP contribution < -0.4 is 5.32 Å². The quantitative estimate of drug-likeness (QED) is 0.735. The van der Waals surface area contributed by atoms with Crippen LogP contribution in [0.3, 0.4) is 0 Å². The van der Waals surface area contributed by atoms with Crippen molar-refractivity contribution in [2.45, 2.75) is 26.3 Å². The summed E-state index contributed by atoms with van der Waals surface area (Å²) in [6.07, 6.45) is 1.50. The molecule has 1 amide bonds. The topological polar surface area (TPSA) is 34.0 Å². The number of carbonyl (C=O) groups is 1. The predicted molar refractivity (Wildman–Crippen MR) is 68.0 cm³/mol. The van der Waals surface area contributed by atoms with Crippen molar-refractivity contribution in [2.75, 3.05) is 6.54 Å². The van der Waals surface area contributed by atoms with Gasteiger partial charge in [0.2, 0.25) is 5.91 Å². The molecule has 1 aliphatic rings. The largest absolute Gasteiger partial charge is 0.356 e. The third-order valence-corrected chi connectivity index (χ3v) is 3.57. The van der Waals surface area contributed by atoms with Gasteiger partial charge in [-0.25, -0.2) is 0 Å². The van der Waals surface area contributed by atoms with Gasteiger partial charge in [-0.1, -0.05) is 18.2 Å². The molecule has 3 rings (SSSR count). The molecule has 2 aromatic rings. The SMILES string of the molecule is Cc1c2n(c3ccccc13)CCCNC(=O)C2. The average Bonchev–Trinajstić information content (AvgIpc) is 2.57. The molecule has 0 saturated carbocycles. The summed E-state index contributed by atoms with van der Waals surface area (Å²) in [6, 6.07) is 8.41. The predicted octanol–water partition coefficient (Wildman–Crippen LogP) is 2.01. The standard InChI is InChI=1S/C14H16N2O/c1-10-11-5-2-3-6-12(11)16-8-4-7-15-14(17)9-13(10)16/h2-3,5-6H,4,7-9H2,1H3,(H,15,17). The lowest BCUT2D eigenvalue weighted by molar-refractivity contribution is -0.120. The molecule has 0 atom stereocenters. The van der Waals surface area contributed by atoms with Gasteiger partial charge in [0.15, 0.2) is 0 Å². The Morgan fingerprint density at radius 1 is 1.29 bits per heavy atom. The van der Waals surface area contributed by atoms with E-state index in [1.165, 1.54) is 22.2 Å². The number of carbonyl (C=O) groups excluding carboxylic acids is 1. The Balaban J connectivity index is 2.25. The fourth-order valence-electron chi connectivity index (χ4n) is 2.69. The fraction of sp³-hybridized carbons (Fsp3) is 0.357. The number of benzene rings is 1. The second kappa shape index (κ2) is 3.91. The number of fused-ring (bicyclic) bond motifs is 3. The van der Waals surface area contributed by atoms with Gasteiger partial charge in [-0.3, -0.25) is 4.79 Å². The maximum atomic E-state index is 11.7. The van der Waals surface area contributed by atoms with Crippen LogP contribution in [0.4, 0.5) is 0 Å². The minimum atomic E-state index is 0.136. The van der Waals surface area contributed by atoms with E-state index in [1.54, 1.807) is 0 Å². The molecular formula is C14H16N2O. The number of hydrogen-bond acceptors (Lipinski definition) is 1. The van der Waals surface area contributed by atoms with E-state index in [4.69, 9.17) is 0 Å². The highest BCUT2D eigenvalue weighted by molar-refractivity contribution is 5.88. The number of hydrogen-bond donors (Lipinski definition) is 1. The first-order valence-electron chi connectivity index (χ1n) is 6.11. The van der Waals surface area contributed by atoms with Crippen molar-refractivity contribution in [3.63, 3.8) is 0 Å². The monoisotopic (exact) mass is 228 g/mol. The summed E-state index contributed by atoms with van der Waals surface area (Å²) in [6.45, 7) is 3.89. The van der Waals surface area contributed by atoms with Gasteiger partial charge in [-0.2, -0.15) is 0 Å². The van der Waals surface area contributed by atoms with Gasteiger partial charge in [-0.05, 0) is 25.0 Å². The molecule has 1 aromatic heterocycles. The zero-order valence-electron chi connectivity index (χ0n) is 9.99. The van der Waals surface area contributed by atoms with Crippen LogP contribution in [0.1, 0.15) is 17.7 Å². The Kier molecular flexibility index (Phi) is 2.39. The van der Waals surface area contributed by atoms with Crippen molar-refractivity contribution in [3.05, 3.63) is 35.5 Å². The number of nitrogens with one attached hydrogen (secondary N) is 1. The van der Waals surface area contributed by atoms with E-state index < -0.39 is 0 Å². The van der Waals surface area contributed by atoms with Gasteiger partial charge in [-0.15, -0.1) is 0 Å². The number of para-hydroxylation sites is 1. The van der Waals surface area contributed by atoms with E-state index in [0.717, 1.165) is 19.5 Å². The van der Waals surface area contributed by atoms with Crippen LogP contribution in [-0.4, -0.2) is 17.0 Å². The number of aromatic nitrogens is 1. The minimum Gasteiger partial charge on any atom is -0.356 e. The van der Waals surface area contributed by atoms with Crippen LogP contribution in [0.15, 0.2) is 24.3 Å². The summed E-state index contributed by atoms with van der Waals surface area (Å²) in [5.74, 6) is 0.136. The lowest BCUT2D eigenvalue weighted by Gasteiger charge is -2.15. The Labute approximate surface area is 100 Å². The van der Waals surface area contributed by atoms with Crippen LogP contribution >= 0.6 is 0 Å². The molecule has 1 aromatic carbocycles. The van der Waals surface area contributed by atoms with Crippen LogP contribution in [0.25, 0.3) is 10.9 Å². The molecule has 0 radical (unpaired) electrons. The smallest absolute Gasteiger partial charge is 0.225 e. The van der Waals surface area contributed by atoms with Crippen LogP contribution in [0, 0.1) is 6.92 Å². The van der Waals surface area contributed by atoms with Crippen molar-refractivity contribution in [1.29, 1.82) is 0 Å². The summed E-state index contributed by atoms with van der Waals surface area (Å²) in [5, 5.41) is 4.22. The van der Waals surface area contributed by atoms with Gasteiger partial charge >= 0.3 is 0 Å². The van der Waals surface area contributed by atoms with Gasteiger partial charge in [0.05, 0.1) is 6.42 Å². The fourth-order valence-corrected chi connectivity index (χ4v) is 2.69. The second-order valence-corrected chi connectivity index (χ2v) is 4.62. The summed E-state index contributed by atoms with van der Waals surface area (Å²) >= 11 is 0. The van der Waals surface area contributed by atoms with Gasteiger partial charge in [0, 0.05) is 29.7 Å². The summed E-state index contributed by atoms with van der Waals surface area (Å²) in [7, 11) is 0. The van der Waals surface area contributed by atoms with Crippen LogP contribution in [0.2, 0.25) is 0 Å². The van der Waals surface area contributed by atoms with Crippen LogP contribution in [-0.2, 0) is 17.8 Å². The molecule has 0 fully saturated rings. The molecule has 1 aliphatic heterocycles. The lowest BCUT2D eigenvalue weighted by Crippen LogP contribution is -2.30. The van der Waals surface area contributed by atoms with E-state index in [-0.39, 0.29) is 5.91 Å². The van der Waals surface area contributed by atoms with Crippen molar-refractivity contribution in [3.8, 4) is 0 Å². The molecule has 0 spiro atoms. The molecule has 3 nitrogen and oxygen atoms in total. The van der Waals surface area contributed by atoms with Crippen molar-refractivity contribution in [1.82, 2.24) is 9.88 Å². The summed E-state index contributed by atoms with van der Waals surface area (Å²) in [5.41, 5.74) is 3.68. The lowest BCUT2D eigenvalue weighted by atomic mass is 10.1. The van der Waals surface area contributed by atoms with E-state index in [1.807, 2.05) is 0 Å². The zero-order chi connectivity index (χ0) is 11.8. The van der Waals surface area contributed by atoms with Gasteiger partial charge < -0.3 is 9.88 Å². The van der Waals surface area contributed by atoms with Crippen molar-refractivity contribution in [2.24, 2.45) is 0 Å². The van der Waals surface area contributed by atoms with Crippen LogP contribution in [0.5, 0.6) is 0 Å². The van der Waals surface area contributed by atoms with E-state index in [9.17, 15) is 4.79 Å². The number of amides is 1. The number of nitrogens with zero attached hydrogens (tertiary/aromatic N) is 1. The molecule has 88 valence electrons. The number of aryl methyl sites for hydroxylation is 2. The van der Waals surface area contributed by atoms with E-state index in [2.05, 4.69) is 41.1 Å². The first-order chi connectivity index (χ1) is 8.27. The first kappa shape index (κ1) is 10.4. The molecule has 0 unspecified atom stereocenters. The highest BCUT2D eigenvalue weighted by atomic mass is 16.1. The zero-order valence-corrected chi connectivity index (χ0v) is 9.99. The normalized spacial score (nSPS) is 16.2. The van der Waals surface area contributed by atoms with E-state index >= 15 is 0 Å². The highest BCUT2D eigenvalue weighted by Gasteiger charge is 2.17. The Bertz CT molecular complexity index is 583. The summed E-state index contributed by atoms with van der Waals surface area (Å²) in [4.78, 5) is 11.7. The third-order valence-electron chi connectivity index (χ3n) is 3.57. The molecule has 1 N–H and O–H groups in total. The summed E-state index contributed by atoms with van der Waals surface area (Å²) < 4.78 is 2.31. The second-order valence-electron chi connectivity index (χ2n) is 4.62. The molecule has 0 saturated heterocycles. The van der Waals surface area contributed by atoms with Crippen molar-refractivity contribution >= 4 is 16.8 Å². The van der Waals surface area contributed by atoms with E-state index in [0.29, 0.717) is 6.42 Å². The highest BCUT2D eigenvalue weighted by Crippen LogP contribution is 2.26. The maximum absolute atomic E-state index is 11.7. The Hall–Kier alpha value is -1.77. The molecule has 17 heavy (non-hydrogen) atoms. The number of rotatable bonds is 0. The average molecular weight is 228 g/mol. The third kappa shape index (κ3) is 1.62. The maximum Gasteiger partial charge on any atom is 0.225 e. The minimum absolute atomic E-state index is 0.136. The first-order valence-corrected chi connectivity index (χ1v) is 6.11.